The molecule has 2 aliphatic rings. The van der Waals surface area contributed by atoms with E-state index in [9.17, 15) is 4.39 Å². The van der Waals surface area contributed by atoms with Gasteiger partial charge in [0.2, 0.25) is 0 Å². The molecule has 104 valence electrons. The second-order valence-electron chi connectivity index (χ2n) is 5.33. The van der Waals surface area contributed by atoms with Gasteiger partial charge in [-0.15, -0.1) is 0 Å². The van der Waals surface area contributed by atoms with Gasteiger partial charge in [0.05, 0.1) is 19.3 Å². The number of aliphatic imine (C=N–C) groups is 1. The van der Waals surface area contributed by atoms with Crippen LogP contribution < -0.4 is 10.6 Å². The van der Waals surface area contributed by atoms with Crippen LogP contribution in [0.4, 0.5) is 4.39 Å². The van der Waals surface area contributed by atoms with Crippen molar-refractivity contribution < 1.29 is 9.13 Å². The Balaban J connectivity index is 1.66. The quantitative estimate of drug-likeness (QED) is 0.784. The highest BCUT2D eigenvalue weighted by molar-refractivity contribution is 5.81. The Morgan fingerprint density at radius 1 is 1.50 bits per heavy atom. The first-order chi connectivity index (χ1) is 8.78. The predicted octanol–water partition coefficient (Wildman–Crippen LogP) is 1.47. The fourth-order valence-corrected chi connectivity index (χ4v) is 2.69. The summed E-state index contributed by atoms with van der Waals surface area (Å²) in [6.45, 7) is 3.79. The van der Waals surface area contributed by atoms with Gasteiger partial charge in [-0.1, -0.05) is 6.42 Å². The highest BCUT2D eigenvalue weighted by atomic mass is 19.1. The molecule has 0 saturated heterocycles. The number of guanidine groups is 1. The van der Waals surface area contributed by atoms with Gasteiger partial charge in [-0.25, -0.2) is 4.39 Å². The standard InChI is InChI=1S/C13H24FN3O/c1-10-8-15-13(17-10)16-9-11-3-2-4-12(7-11)18-6-5-14/h10-12H,2-9H2,1H3,(H2,15,16,17). The third-order valence-corrected chi connectivity index (χ3v) is 3.63. The van der Waals surface area contributed by atoms with E-state index in [-0.39, 0.29) is 19.4 Å². The lowest BCUT2D eigenvalue weighted by atomic mass is 9.87. The molecule has 4 nitrogen and oxygen atoms in total. The molecule has 1 aliphatic heterocycles. The summed E-state index contributed by atoms with van der Waals surface area (Å²) in [5.41, 5.74) is 0. The van der Waals surface area contributed by atoms with Crippen molar-refractivity contribution in [2.75, 3.05) is 26.4 Å². The number of nitrogens with one attached hydrogen (secondary N) is 2. The predicted molar refractivity (Wildman–Crippen MR) is 70.6 cm³/mol. The number of halogens is 1. The SMILES string of the molecule is CC1CN=C(NCC2CCCC(OCCF)C2)N1. The highest BCUT2D eigenvalue weighted by Crippen LogP contribution is 2.25. The Morgan fingerprint density at radius 2 is 2.39 bits per heavy atom. The summed E-state index contributed by atoms with van der Waals surface area (Å²) in [6, 6.07) is 0.444. The van der Waals surface area contributed by atoms with E-state index in [0.29, 0.717) is 12.0 Å². The minimum Gasteiger partial charge on any atom is -0.375 e. The van der Waals surface area contributed by atoms with Gasteiger partial charge in [0.1, 0.15) is 6.67 Å². The zero-order valence-corrected chi connectivity index (χ0v) is 11.1. The topological polar surface area (TPSA) is 45.7 Å². The fraction of sp³-hybridized carbons (Fsp3) is 0.923. The summed E-state index contributed by atoms with van der Waals surface area (Å²) in [5.74, 6) is 1.54. The molecule has 0 amide bonds. The van der Waals surface area contributed by atoms with E-state index in [1.54, 1.807) is 0 Å². The minimum absolute atomic E-state index is 0.247. The third-order valence-electron chi connectivity index (χ3n) is 3.63. The van der Waals surface area contributed by atoms with Crippen LogP contribution in [0.2, 0.25) is 0 Å². The molecule has 1 heterocycles. The molecule has 0 aromatic rings. The van der Waals surface area contributed by atoms with Gasteiger partial charge in [0.15, 0.2) is 5.96 Å². The van der Waals surface area contributed by atoms with Crippen LogP contribution in [-0.2, 0) is 4.74 Å². The van der Waals surface area contributed by atoms with Crippen molar-refractivity contribution in [3.8, 4) is 0 Å². The highest BCUT2D eigenvalue weighted by Gasteiger charge is 2.23. The number of alkyl halides is 1. The van der Waals surface area contributed by atoms with Crippen LogP contribution in [0.5, 0.6) is 0 Å². The number of nitrogens with zero attached hydrogens (tertiary/aromatic N) is 1. The fourth-order valence-electron chi connectivity index (χ4n) is 2.69. The van der Waals surface area contributed by atoms with Gasteiger partial charge in [0, 0.05) is 12.6 Å². The van der Waals surface area contributed by atoms with Crippen LogP contribution in [0.3, 0.4) is 0 Å². The molecular formula is C13H24FN3O. The van der Waals surface area contributed by atoms with Gasteiger partial charge in [0.25, 0.3) is 0 Å². The number of ether oxygens (including phenoxy) is 1. The van der Waals surface area contributed by atoms with Crippen molar-refractivity contribution >= 4 is 5.96 Å². The van der Waals surface area contributed by atoms with Crippen LogP contribution in [0.25, 0.3) is 0 Å². The van der Waals surface area contributed by atoms with E-state index in [2.05, 4.69) is 22.5 Å². The summed E-state index contributed by atoms with van der Waals surface area (Å²) in [6.07, 6.45) is 4.77. The van der Waals surface area contributed by atoms with Crippen molar-refractivity contribution in [2.24, 2.45) is 10.9 Å². The Bertz CT molecular complexity index is 285. The molecule has 0 aromatic carbocycles. The van der Waals surface area contributed by atoms with Crippen LogP contribution in [0.1, 0.15) is 32.6 Å². The summed E-state index contributed by atoms with van der Waals surface area (Å²) < 4.78 is 17.6. The van der Waals surface area contributed by atoms with Crippen molar-refractivity contribution in [1.82, 2.24) is 10.6 Å². The lowest BCUT2D eigenvalue weighted by Crippen LogP contribution is -2.41. The number of hydrogen-bond donors (Lipinski definition) is 2. The second-order valence-corrected chi connectivity index (χ2v) is 5.33. The first-order valence-electron chi connectivity index (χ1n) is 7.00. The van der Waals surface area contributed by atoms with Crippen molar-refractivity contribution in [3.63, 3.8) is 0 Å². The maximum atomic E-state index is 12.1. The summed E-state index contributed by atoms with van der Waals surface area (Å²) in [5, 5.41) is 6.66. The molecular weight excluding hydrogens is 233 g/mol. The number of rotatable bonds is 5. The van der Waals surface area contributed by atoms with E-state index in [0.717, 1.165) is 31.9 Å². The largest absolute Gasteiger partial charge is 0.375 e. The first kappa shape index (κ1) is 13.6. The molecule has 3 atom stereocenters. The van der Waals surface area contributed by atoms with Gasteiger partial charge in [-0.3, -0.25) is 4.99 Å². The Morgan fingerprint density at radius 3 is 3.11 bits per heavy atom. The molecule has 0 aromatic heterocycles. The zero-order chi connectivity index (χ0) is 12.8. The monoisotopic (exact) mass is 257 g/mol. The Kier molecular flexibility index (Phi) is 5.23. The van der Waals surface area contributed by atoms with Crippen molar-refractivity contribution in [3.05, 3.63) is 0 Å². The van der Waals surface area contributed by atoms with Gasteiger partial charge in [-0.2, -0.15) is 0 Å². The maximum Gasteiger partial charge on any atom is 0.191 e. The molecule has 0 spiro atoms. The second kappa shape index (κ2) is 6.92. The molecule has 18 heavy (non-hydrogen) atoms. The van der Waals surface area contributed by atoms with E-state index in [1.807, 2.05) is 0 Å². The van der Waals surface area contributed by atoms with E-state index < -0.39 is 0 Å². The van der Waals surface area contributed by atoms with Crippen LogP contribution in [0, 0.1) is 5.92 Å². The summed E-state index contributed by atoms with van der Waals surface area (Å²) in [7, 11) is 0. The zero-order valence-electron chi connectivity index (χ0n) is 11.1. The van der Waals surface area contributed by atoms with E-state index in [4.69, 9.17) is 4.74 Å². The van der Waals surface area contributed by atoms with E-state index >= 15 is 0 Å². The molecule has 1 aliphatic carbocycles. The summed E-state index contributed by atoms with van der Waals surface area (Å²) in [4.78, 5) is 4.38. The van der Waals surface area contributed by atoms with Crippen LogP contribution in [-0.4, -0.2) is 44.5 Å². The first-order valence-corrected chi connectivity index (χ1v) is 7.00. The molecule has 1 fully saturated rings. The smallest absolute Gasteiger partial charge is 0.191 e. The molecule has 2 N–H and O–H groups in total. The van der Waals surface area contributed by atoms with Gasteiger partial charge >= 0.3 is 0 Å². The molecule has 0 radical (unpaired) electrons. The minimum atomic E-state index is -0.377. The van der Waals surface area contributed by atoms with Crippen LogP contribution >= 0.6 is 0 Å². The average Bonchev–Trinajstić information content (AvgIpc) is 2.80. The maximum absolute atomic E-state index is 12.1. The third kappa shape index (κ3) is 4.12. The normalized spacial score (nSPS) is 31.9. The van der Waals surface area contributed by atoms with Crippen molar-refractivity contribution in [2.45, 2.75) is 44.8 Å². The molecule has 3 unspecified atom stereocenters. The lowest BCUT2D eigenvalue weighted by Gasteiger charge is -2.29. The average molecular weight is 257 g/mol. The Hall–Kier alpha value is -0.840. The van der Waals surface area contributed by atoms with E-state index in [1.165, 1.54) is 12.8 Å². The molecule has 5 heteroatoms. The molecule has 1 saturated carbocycles. The lowest BCUT2D eigenvalue weighted by molar-refractivity contribution is 0.00760. The molecule has 2 rings (SSSR count). The molecule has 0 bridgehead atoms. The van der Waals surface area contributed by atoms with Crippen LogP contribution in [0.15, 0.2) is 4.99 Å². The summed E-state index contributed by atoms with van der Waals surface area (Å²) >= 11 is 0. The number of hydrogen-bond acceptors (Lipinski definition) is 4. The Labute approximate surface area is 108 Å². The van der Waals surface area contributed by atoms with Gasteiger partial charge < -0.3 is 15.4 Å². The van der Waals surface area contributed by atoms with Crippen molar-refractivity contribution in [1.29, 1.82) is 0 Å². The van der Waals surface area contributed by atoms with Gasteiger partial charge in [-0.05, 0) is 32.1 Å².